The Hall–Kier alpha value is -1.30. The molecule has 2 rings (SSSR count). The number of carboxylic acids is 1. The van der Waals surface area contributed by atoms with Crippen molar-refractivity contribution in [3.8, 4) is 0 Å². The van der Waals surface area contributed by atoms with Crippen LogP contribution in [0.15, 0.2) is 18.2 Å². The number of rotatable bonds is 5. The molecule has 1 aromatic carbocycles. The fourth-order valence-electron chi connectivity index (χ4n) is 1.63. The van der Waals surface area contributed by atoms with Crippen LogP contribution in [0, 0.1) is 6.92 Å². The van der Waals surface area contributed by atoms with Crippen molar-refractivity contribution in [2.75, 3.05) is 5.32 Å². The van der Waals surface area contributed by atoms with Gasteiger partial charge in [-0.05, 0) is 31.5 Å². The highest BCUT2D eigenvalue weighted by molar-refractivity contribution is 7.15. The van der Waals surface area contributed by atoms with Gasteiger partial charge in [-0.2, -0.15) is 0 Å². The Morgan fingerprint density at radius 1 is 1.40 bits per heavy atom. The van der Waals surface area contributed by atoms with Crippen LogP contribution in [0.1, 0.15) is 17.0 Å². The van der Waals surface area contributed by atoms with E-state index in [2.05, 4.69) is 10.3 Å². The van der Waals surface area contributed by atoms with Crippen molar-refractivity contribution in [3.05, 3.63) is 38.8 Å². The van der Waals surface area contributed by atoms with Crippen LogP contribution in [0.3, 0.4) is 0 Å². The van der Waals surface area contributed by atoms with Gasteiger partial charge in [-0.3, -0.25) is 4.79 Å². The largest absolute Gasteiger partial charge is 0.481 e. The molecule has 0 bridgehead atoms. The second kappa shape index (κ2) is 6.43. The molecule has 0 radical (unpaired) electrons. The third-order valence-corrected chi connectivity index (χ3v) is 4.50. The molecule has 2 aromatic rings. The van der Waals surface area contributed by atoms with E-state index < -0.39 is 5.97 Å². The maximum atomic E-state index is 10.6. The number of aryl methyl sites for hydroxylation is 2. The molecule has 0 amide bonds. The molecule has 0 fully saturated rings. The smallest absolute Gasteiger partial charge is 0.303 e. The number of aliphatic carboxylic acids is 1. The summed E-state index contributed by atoms with van der Waals surface area (Å²) in [5, 5.41) is 13.5. The summed E-state index contributed by atoms with van der Waals surface area (Å²) in [6.45, 7) is 1.87. The Kier molecular flexibility index (Phi) is 4.86. The first kappa shape index (κ1) is 15.1. The topological polar surface area (TPSA) is 62.2 Å². The zero-order chi connectivity index (χ0) is 14.7. The van der Waals surface area contributed by atoms with E-state index in [-0.39, 0.29) is 6.42 Å². The average molecular weight is 331 g/mol. The minimum Gasteiger partial charge on any atom is -0.481 e. The number of hydrogen-bond acceptors (Lipinski definition) is 4. The molecule has 0 aliphatic carbocycles. The fourth-order valence-corrected chi connectivity index (χ4v) is 2.91. The normalized spacial score (nSPS) is 10.6. The van der Waals surface area contributed by atoms with Crippen LogP contribution in [0.5, 0.6) is 0 Å². The van der Waals surface area contributed by atoms with Gasteiger partial charge in [0.1, 0.15) is 0 Å². The number of aromatic nitrogens is 1. The summed E-state index contributed by atoms with van der Waals surface area (Å²) in [5.74, 6) is -0.809. The molecule has 20 heavy (non-hydrogen) atoms. The van der Waals surface area contributed by atoms with E-state index in [1.54, 1.807) is 12.1 Å². The third kappa shape index (κ3) is 3.85. The first-order valence-corrected chi connectivity index (χ1v) is 7.43. The molecule has 0 unspecified atom stereocenters. The van der Waals surface area contributed by atoms with Crippen molar-refractivity contribution >= 4 is 51.3 Å². The number of hydrogen-bond donors (Lipinski definition) is 2. The van der Waals surface area contributed by atoms with Crippen LogP contribution >= 0.6 is 34.5 Å². The van der Waals surface area contributed by atoms with E-state index in [0.717, 1.165) is 16.3 Å². The van der Waals surface area contributed by atoms with Crippen LogP contribution in [0.25, 0.3) is 0 Å². The van der Waals surface area contributed by atoms with E-state index in [0.29, 0.717) is 21.6 Å². The molecule has 0 aliphatic rings. The van der Waals surface area contributed by atoms with Gasteiger partial charge >= 0.3 is 5.97 Å². The first-order chi connectivity index (χ1) is 9.45. The number of anilines is 2. The average Bonchev–Trinajstić information content (AvgIpc) is 2.72. The van der Waals surface area contributed by atoms with E-state index in [9.17, 15) is 4.79 Å². The number of nitrogens with one attached hydrogen (secondary N) is 1. The van der Waals surface area contributed by atoms with Crippen molar-refractivity contribution in [1.82, 2.24) is 4.98 Å². The fraction of sp³-hybridized carbons (Fsp3) is 0.231. The first-order valence-electron chi connectivity index (χ1n) is 5.86. The van der Waals surface area contributed by atoms with Gasteiger partial charge in [-0.1, -0.05) is 23.2 Å². The maximum Gasteiger partial charge on any atom is 0.303 e. The van der Waals surface area contributed by atoms with Gasteiger partial charge in [0.25, 0.3) is 0 Å². The molecule has 7 heteroatoms. The summed E-state index contributed by atoms with van der Waals surface area (Å²) in [7, 11) is 0. The van der Waals surface area contributed by atoms with E-state index >= 15 is 0 Å². The van der Waals surface area contributed by atoms with Crippen molar-refractivity contribution in [2.24, 2.45) is 0 Å². The van der Waals surface area contributed by atoms with Crippen LogP contribution in [-0.4, -0.2) is 16.1 Å². The van der Waals surface area contributed by atoms with Crippen LogP contribution < -0.4 is 5.32 Å². The highest BCUT2D eigenvalue weighted by Gasteiger charge is 2.10. The molecule has 1 aromatic heterocycles. The lowest BCUT2D eigenvalue weighted by atomic mass is 10.2. The quantitative estimate of drug-likeness (QED) is 0.846. The zero-order valence-electron chi connectivity index (χ0n) is 10.6. The Bertz CT molecular complexity index is 643. The summed E-state index contributed by atoms with van der Waals surface area (Å²) in [6, 6.07) is 5.23. The van der Waals surface area contributed by atoms with Gasteiger partial charge in [0.05, 0.1) is 22.2 Å². The summed E-state index contributed by atoms with van der Waals surface area (Å²) in [5.41, 5.74) is 1.64. The minimum atomic E-state index is -0.809. The SMILES string of the molecule is Cc1nc(Nc2ccc(Cl)c(Cl)c2)sc1CCC(=O)O. The molecule has 0 saturated heterocycles. The second-order valence-corrected chi connectivity index (χ2v) is 6.07. The van der Waals surface area contributed by atoms with Crippen molar-refractivity contribution in [3.63, 3.8) is 0 Å². The Labute approximate surface area is 130 Å². The zero-order valence-corrected chi connectivity index (χ0v) is 12.9. The number of carbonyl (C=O) groups is 1. The third-order valence-electron chi connectivity index (χ3n) is 2.63. The highest BCUT2D eigenvalue weighted by Crippen LogP contribution is 2.30. The van der Waals surface area contributed by atoms with Gasteiger partial charge in [0, 0.05) is 10.6 Å². The standard InChI is InChI=1S/C13H12Cl2N2O2S/c1-7-11(4-5-12(18)19)20-13(16-7)17-8-2-3-9(14)10(15)6-8/h2-3,6H,4-5H2,1H3,(H,16,17)(H,18,19). The lowest BCUT2D eigenvalue weighted by Crippen LogP contribution is -1.96. The lowest BCUT2D eigenvalue weighted by molar-refractivity contribution is -0.136. The predicted molar refractivity (Wildman–Crippen MR) is 82.6 cm³/mol. The van der Waals surface area contributed by atoms with Crippen LogP contribution in [0.2, 0.25) is 10.0 Å². The van der Waals surface area contributed by atoms with Gasteiger partial charge in [-0.25, -0.2) is 4.98 Å². The van der Waals surface area contributed by atoms with Crippen LogP contribution in [-0.2, 0) is 11.2 Å². The molecule has 2 N–H and O–H groups in total. The van der Waals surface area contributed by atoms with Crippen molar-refractivity contribution < 1.29 is 9.90 Å². The maximum absolute atomic E-state index is 10.6. The van der Waals surface area contributed by atoms with Gasteiger partial charge in [0.2, 0.25) is 0 Å². The van der Waals surface area contributed by atoms with Crippen LogP contribution in [0.4, 0.5) is 10.8 Å². The predicted octanol–water partition coefficient (Wildman–Crippen LogP) is 4.52. The molecule has 4 nitrogen and oxygen atoms in total. The number of halogens is 2. The Balaban J connectivity index is 2.11. The summed E-state index contributed by atoms with van der Waals surface area (Å²) < 4.78 is 0. The molecule has 106 valence electrons. The Morgan fingerprint density at radius 3 is 2.80 bits per heavy atom. The van der Waals surface area contributed by atoms with Crippen molar-refractivity contribution in [2.45, 2.75) is 19.8 Å². The number of benzene rings is 1. The molecule has 0 atom stereocenters. The molecular formula is C13H12Cl2N2O2S. The molecule has 0 spiro atoms. The molecule has 1 heterocycles. The summed E-state index contributed by atoms with van der Waals surface area (Å²) >= 11 is 13.2. The van der Waals surface area contributed by atoms with Gasteiger partial charge in [-0.15, -0.1) is 11.3 Å². The number of nitrogens with zero attached hydrogens (tertiary/aromatic N) is 1. The van der Waals surface area contributed by atoms with E-state index in [4.69, 9.17) is 28.3 Å². The second-order valence-electron chi connectivity index (χ2n) is 4.18. The number of thiazole rings is 1. The monoisotopic (exact) mass is 330 g/mol. The van der Waals surface area contributed by atoms with E-state index in [1.807, 2.05) is 13.0 Å². The van der Waals surface area contributed by atoms with Gasteiger partial charge < -0.3 is 10.4 Å². The minimum absolute atomic E-state index is 0.106. The Morgan fingerprint density at radius 2 is 2.15 bits per heavy atom. The van der Waals surface area contributed by atoms with Gasteiger partial charge in [0.15, 0.2) is 5.13 Å². The lowest BCUT2D eigenvalue weighted by Gasteiger charge is -2.03. The van der Waals surface area contributed by atoms with Crippen molar-refractivity contribution in [1.29, 1.82) is 0 Å². The number of carboxylic acid groups (broad SMARTS) is 1. The highest BCUT2D eigenvalue weighted by atomic mass is 35.5. The molecule has 0 saturated carbocycles. The summed E-state index contributed by atoms with van der Waals surface area (Å²) in [6.07, 6.45) is 0.594. The summed E-state index contributed by atoms with van der Waals surface area (Å²) in [4.78, 5) is 15.9. The van der Waals surface area contributed by atoms with E-state index in [1.165, 1.54) is 11.3 Å². The molecular weight excluding hydrogens is 319 g/mol. The molecule has 0 aliphatic heterocycles.